The van der Waals surface area contributed by atoms with Gasteiger partial charge in [0, 0.05) is 51.6 Å². The van der Waals surface area contributed by atoms with Gasteiger partial charge in [-0.1, -0.05) is 0 Å². The Labute approximate surface area is 190 Å². The van der Waals surface area contributed by atoms with Crippen molar-refractivity contribution in [2.45, 2.75) is 25.3 Å². The molecule has 1 N–H and O–H groups in total. The zero-order valence-corrected chi connectivity index (χ0v) is 20.3. The van der Waals surface area contributed by atoms with Gasteiger partial charge in [-0.05, 0) is 33.9 Å². The maximum absolute atomic E-state index is 12.7. The van der Waals surface area contributed by atoms with Crippen molar-refractivity contribution in [3.8, 4) is 0 Å². The number of aliphatic imine (C=N–C) groups is 1. The molecule has 2 aliphatic heterocycles. The molecule has 0 unspecified atom stereocenters. The molecular weight excluding hydrogens is 485 g/mol. The van der Waals surface area contributed by atoms with Crippen LogP contribution < -0.4 is 10.2 Å². The molecule has 0 saturated carbocycles. The fourth-order valence-corrected chi connectivity index (χ4v) is 3.82. The molecule has 1 aromatic rings. The minimum Gasteiger partial charge on any atom is -0.381 e. The summed E-state index contributed by atoms with van der Waals surface area (Å²) in [6.45, 7) is 6.75. The molecule has 164 valence electrons. The molecule has 2 saturated heterocycles. The van der Waals surface area contributed by atoms with Gasteiger partial charge in [0.2, 0.25) is 5.91 Å². The number of amides is 1. The lowest BCUT2D eigenvalue weighted by molar-refractivity contribution is -0.120. The number of carbonyl (C=O) groups excluding carboxylic acids is 1. The summed E-state index contributed by atoms with van der Waals surface area (Å²) in [5.41, 5.74) is 0.864. The second-order valence-electron chi connectivity index (χ2n) is 7.74. The Morgan fingerprint density at radius 3 is 2.62 bits per heavy atom. The first-order chi connectivity index (χ1) is 13.4. The SMILES string of the molecule is CCNC(=NCC1(N(C)C)CCOCC1)N1CCN(c2cnn(C)c2)C(=O)C1.I. The molecule has 0 aliphatic carbocycles. The number of rotatable bonds is 5. The molecule has 3 heterocycles. The first-order valence-electron chi connectivity index (χ1n) is 10.0. The van der Waals surface area contributed by atoms with Gasteiger partial charge in [0.15, 0.2) is 5.96 Å². The summed E-state index contributed by atoms with van der Waals surface area (Å²) in [6, 6.07) is 0. The third-order valence-electron chi connectivity index (χ3n) is 5.75. The Hall–Kier alpha value is -1.40. The highest BCUT2D eigenvalue weighted by atomic mass is 127. The molecule has 3 rings (SSSR count). The van der Waals surface area contributed by atoms with E-state index in [0.717, 1.165) is 50.8 Å². The summed E-state index contributed by atoms with van der Waals surface area (Å²) in [4.78, 5) is 23.8. The Balaban J connectivity index is 0.00000300. The van der Waals surface area contributed by atoms with E-state index in [1.165, 1.54) is 0 Å². The van der Waals surface area contributed by atoms with Crippen molar-refractivity contribution in [3.05, 3.63) is 12.4 Å². The lowest BCUT2D eigenvalue weighted by atomic mass is 9.89. The van der Waals surface area contributed by atoms with E-state index in [-0.39, 0.29) is 35.4 Å². The highest BCUT2D eigenvalue weighted by Gasteiger charge is 2.35. The Morgan fingerprint density at radius 2 is 2.07 bits per heavy atom. The van der Waals surface area contributed by atoms with Crippen molar-refractivity contribution in [3.63, 3.8) is 0 Å². The predicted octanol–water partition coefficient (Wildman–Crippen LogP) is 0.763. The summed E-state index contributed by atoms with van der Waals surface area (Å²) < 4.78 is 7.27. The highest BCUT2D eigenvalue weighted by Crippen LogP contribution is 2.26. The first kappa shape index (κ1) is 23.9. The molecule has 0 aromatic carbocycles. The molecule has 1 aromatic heterocycles. The van der Waals surface area contributed by atoms with E-state index < -0.39 is 0 Å². The number of ether oxygens (including phenoxy) is 1. The van der Waals surface area contributed by atoms with Crippen LogP contribution in [0, 0.1) is 0 Å². The number of hydrogen-bond acceptors (Lipinski definition) is 5. The van der Waals surface area contributed by atoms with Crippen molar-refractivity contribution < 1.29 is 9.53 Å². The van der Waals surface area contributed by atoms with Crippen molar-refractivity contribution >= 4 is 41.5 Å². The summed E-state index contributed by atoms with van der Waals surface area (Å²) >= 11 is 0. The van der Waals surface area contributed by atoms with Gasteiger partial charge in [0.25, 0.3) is 0 Å². The number of nitrogens with zero attached hydrogens (tertiary/aromatic N) is 6. The third-order valence-corrected chi connectivity index (χ3v) is 5.75. The highest BCUT2D eigenvalue weighted by molar-refractivity contribution is 14.0. The van der Waals surface area contributed by atoms with Crippen molar-refractivity contribution in [1.82, 2.24) is 24.9 Å². The molecule has 2 aliphatic rings. The third kappa shape index (κ3) is 5.60. The van der Waals surface area contributed by atoms with E-state index in [9.17, 15) is 4.79 Å². The zero-order chi connectivity index (χ0) is 20.1. The van der Waals surface area contributed by atoms with Crippen LogP contribution in [0.4, 0.5) is 5.69 Å². The van der Waals surface area contributed by atoms with Crippen molar-refractivity contribution in [2.75, 3.05) is 64.9 Å². The molecule has 0 radical (unpaired) electrons. The monoisotopic (exact) mass is 519 g/mol. The molecular formula is C19H34IN7O2. The van der Waals surface area contributed by atoms with E-state index in [2.05, 4.69) is 41.2 Å². The molecule has 9 nitrogen and oxygen atoms in total. The van der Waals surface area contributed by atoms with Crippen LogP contribution in [0.25, 0.3) is 0 Å². The number of likely N-dealkylation sites (N-methyl/N-ethyl adjacent to an activating group) is 1. The van der Waals surface area contributed by atoms with Gasteiger partial charge in [-0.25, -0.2) is 0 Å². The van der Waals surface area contributed by atoms with Crippen LogP contribution in [-0.4, -0.2) is 97.0 Å². The molecule has 0 bridgehead atoms. The van der Waals surface area contributed by atoms with Crippen LogP contribution in [-0.2, 0) is 16.6 Å². The lowest BCUT2D eigenvalue weighted by Crippen LogP contribution is -2.56. The van der Waals surface area contributed by atoms with E-state index in [1.807, 2.05) is 13.2 Å². The number of guanidine groups is 1. The zero-order valence-electron chi connectivity index (χ0n) is 17.9. The van der Waals surface area contributed by atoms with Gasteiger partial charge in [-0.2, -0.15) is 5.10 Å². The molecule has 10 heteroatoms. The maximum atomic E-state index is 12.7. The normalized spacial score (nSPS) is 20.0. The number of halogens is 1. The van der Waals surface area contributed by atoms with Crippen LogP contribution in [0.2, 0.25) is 0 Å². The van der Waals surface area contributed by atoms with Gasteiger partial charge in [-0.15, -0.1) is 24.0 Å². The number of nitrogens with one attached hydrogen (secondary N) is 1. The molecule has 1 amide bonds. The first-order valence-corrected chi connectivity index (χ1v) is 10.0. The number of aromatic nitrogens is 2. The van der Waals surface area contributed by atoms with Crippen molar-refractivity contribution in [1.29, 1.82) is 0 Å². The predicted molar refractivity (Wildman–Crippen MR) is 125 cm³/mol. The summed E-state index contributed by atoms with van der Waals surface area (Å²) in [7, 11) is 6.09. The fraction of sp³-hybridized carbons (Fsp3) is 0.737. The van der Waals surface area contributed by atoms with E-state index >= 15 is 0 Å². The van der Waals surface area contributed by atoms with Crippen LogP contribution in [0.15, 0.2) is 17.4 Å². The molecule has 2 fully saturated rings. The summed E-state index contributed by atoms with van der Waals surface area (Å²) in [5.74, 6) is 0.882. The van der Waals surface area contributed by atoms with Gasteiger partial charge < -0.3 is 24.8 Å². The standard InChI is InChI=1S/C19H33N7O2.HI/c1-5-20-18(21-15-19(23(2)3)6-10-28-11-7-19)25-8-9-26(17(27)14-25)16-12-22-24(4)13-16;/h12-13H,5-11,14-15H2,1-4H3,(H,20,21);1H. The minimum absolute atomic E-state index is 0. The van der Waals surface area contributed by atoms with Gasteiger partial charge in [0.1, 0.15) is 6.54 Å². The average Bonchev–Trinajstić information content (AvgIpc) is 3.11. The minimum atomic E-state index is 0. The molecule has 29 heavy (non-hydrogen) atoms. The number of aryl methyl sites for hydroxylation is 1. The van der Waals surface area contributed by atoms with Gasteiger partial charge in [-0.3, -0.25) is 14.5 Å². The van der Waals surface area contributed by atoms with Gasteiger partial charge in [0.05, 0.1) is 18.4 Å². The van der Waals surface area contributed by atoms with Crippen molar-refractivity contribution in [2.24, 2.45) is 12.0 Å². The maximum Gasteiger partial charge on any atom is 0.246 e. The number of carbonyl (C=O) groups is 1. The molecule has 0 spiro atoms. The fourth-order valence-electron chi connectivity index (χ4n) is 3.82. The van der Waals surface area contributed by atoms with Crippen LogP contribution in [0.5, 0.6) is 0 Å². The van der Waals surface area contributed by atoms with Crippen LogP contribution in [0.3, 0.4) is 0 Å². The van der Waals surface area contributed by atoms with E-state index in [0.29, 0.717) is 19.6 Å². The Bertz CT molecular complexity index is 700. The van der Waals surface area contributed by atoms with Crippen LogP contribution >= 0.6 is 24.0 Å². The topological polar surface area (TPSA) is 78.2 Å². The largest absolute Gasteiger partial charge is 0.381 e. The lowest BCUT2D eigenvalue weighted by Gasteiger charge is -2.42. The average molecular weight is 519 g/mol. The number of anilines is 1. The Morgan fingerprint density at radius 1 is 1.34 bits per heavy atom. The number of hydrogen-bond donors (Lipinski definition) is 1. The van der Waals surface area contributed by atoms with E-state index in [1.54, 1.807) is 15.8 Å². The number of piperazine rings is 1. The van der Waals surface area contributed by atoms with E-state index in [4.69, 9.17) is 9.73 Å². The summed E-state index contributed by atoms with van der Waals surface area (Å²) in [5, 5.41) is 7.54. The quantitative estimate of drug-likeness (QED) is 0.352. The molecule has 0 atom stereocenters. The second-order valence-corrected chi connectivity index (χ2v) is 7.74. The Kier molecular flexibility index (Phi) is 8.71. The second kappa shape index (κ2) is 10.6. The van der Waals surface area contributed by atoms with Gasteiger partial charge >= 0.3 is 0 Å². The smallest absolute Gasteiger partial charge is 0.246 e. The summed E-state index contributed by atoms with van der Waals surface area (Å²) in [6.07, 6.45) is 5.55. The van der Waals surface area contributed by atoms with Crippen LogP contribution in [0.1, 0.15) is 19.8 Å².